The van der Waals surface area contributed by atoms with Crippen molar-refractivity contribution in [3.63, 3.8) is 0 Å². The fourth-order valence-electron chi connectivity index (χ4n) is 0.104. The van der Waals surface area contributed by atoms with Crippen LogP contribution < -0.4 is 68.9 Å². The van der Waals surface area contributed by atoms with E-state index in [-0.39, 0.29) is 65.0 Å². The Balaban J connectivity index is -0.000000180. The maximum absolute atomic E-state index is 9.62. The summed E-state index contributed by atoms with van der Waals surface area (Å²) in [5, 5.41) is 0. The van der Waals surface area contributed by atoms with Crippen LogP contribution in [0.5, 0.6) is 0 Å². The van der Waals surface area contributed by atoms with Gasteiger partial charge in [-0.15, -0.1) is 11.6 Å². The van der Waals surface area contributed by atoms with E-state index in [1.807, 2.05) is 0 Å². The third-order valence-electron chi connectivity index (χ3n) is 0.358. The maximum atomic E-state index is 9.62. The SMILES string of the molecule is O=P([O-])([O-])CCCl.[Na+].[Na+]. The van der Waals surface area contributed by atoms with Crippen molar-refractivity contribution in [1.82, 2.24) is 0 Å². The summed E-state index contributed by atoms with van der Waals surface area (Å²) in [5.41, 5.74) is 0. The molecule has 3 nitrogen and oxygen atoms in total. The largest absolute Gasteiger partial charge is 1.00 e. The minimum atomic E-state index is -4.30. The molecular weight excluding hydrogens is 184 g/mol. The molecule has 0 radical (unpaired) electrons. The summed E-state index contributed by atoms with van der Waals surface area (Å²) in [4.78, 5) is 19.2. The van der Waals surface area contributed by atoms with Crippen molar-refractivity contribution in [2.45, 2.75) is 0 Å². The molecule has 0 atom stereocenters. The molecule has 0 aromatic carbocycles. The van der Waals surface area contributed by atoms with E-state index in [1.54, 1.807) is 0 Å². The molecule has 0 saturated carbocycles. The summed E-state index contributed by atoms with van der Waals surface area (Å²) >= 11 is 4.91. The summed E-state index contributed by atoms with van der Waals surface area (Å²) in [7, 11) is -4.30. The fourth-order valence-corrected chi connectivity index (χ4v) is 0.932. The van der Waals surface area contributed by atoms with Crippen LogP contribution in [0.25, 0.3) is 0 Å². The van der Waals surface area contributed by atoms with E-state index in [2.05, 4.69) is 0 Å². The Kier molecular flexibility index (Phi) is 16.6. The van der Waals surface area contributed by atoms with Gasteiger partial charge < -0.3 is 14.4 Å². The smallest absolute Gasteiger partial charge is 0.811 e. The predicted octanol–water partition coefficient (Wildman–Crippen LogP) is -6.85. The first kappa shape index (κ1) is 17.5. The zero-order valence-electron chi connectivity index (χ0n) is 5.46. The van der Waals surface area contributed by atoms with Gasteiger partial charge in [-0.3, -0.25) is 0 Å². The Morgan fingerprint density at radius 1 is 1.33 bits per heavy atom. The van der Waals surface area contributed by atoms with Gasteiger partial charge in [-0.05, 0) is 6.16 Å². The van der Waals surface area contributed by atoms with E-state index in [1.165, 1.54) is 0 Å². The van der Waals surface area contributed by atoms with E-state index in [0.29, 0.717) is 0 Å². The first-order chi connectivity index (χ1) is 3.06. The summed E-state index contributed by atoms with van der Waals surface area (Å²) in [6, 6.07) is 0. The monoisotopic (exact) mass is 188 g/mol. The molecule has 0 amide bonds. The molecule has 0 bridgehead atoms. The van der Waals surface area contributed by atoms with Crippen LogP contribution >= 0.6 is 19.2 Å². The quantitative estimate of drug-likeness (QED) is 0.246. The van der Waals surface area contributed by atoms with Crippen LogP contribution in [0.4, 0.5) is 0 Å². The van der Waals surface area contributed by atoms with E-state index in [9.17, 15) is 14.4 Å². The van der Waals surface area contributed by atoms with Crippen molar-refractivity contribution < 1.29 is 73.5 Å². The second-order valence-corrected chi connectivity index (χ2v) is 3.07. The first-order valence-corrected chi connectivity index (χ1v) is 3.89. The minimum absolute atomic E-state index is 0. The van der Waals surface area contributed by atoms with E-state index < -0.39 is 13.8 Å². The molecule has 0 fully saturated rings. The van der Waals surface area contributed by atoms with Crippen LogP contribution in [-0.4, -0.2) is 12.0 Å². The molecule has 0 saturated heterocycles. The van der Waals surface area contributed by atoms with E-state index in [4.69, 9.17) is 11.6 Å². The number of alkyl halides is 1. The average Bonchev–Trinajstić information content (AvgIpc) is 1.30. The van der Waals surface area contributed by atoms with Gasteiger partial charge in [0, 0.05) is 5.88 Å². The number of hydrogen-bond acceptors (Lipinski definition) is 3. The summed E-state index contributed by atoms with van der Waals surface area (Å²) in [6.07, 6.45) is -0.450. The van der Waals surface area contributed by atoms with Gasteiger partial charge in [0.1, 0.15) is 0 Å². The molecule has 44 valence electrons. The molecule has 0 rings (SSSR count). The standard InChI is InChI=1S/C2H6ClO3P.2Na/c3-1-2-7(4,5)6;;/h1-2H2,(H2,4,5,6);;/q;2*+1/p-2. The van der Waals surface area contributed by atoms with Crippen molar-refractivity contribution in [3.8, 4) is 0 Å². The van der Waals surface area contributed by atoms with Crippen molar-refractivity contribution in [2.24, 2.45) is 0 Å². The Labute approximate surface area is 103 Å². The zero-order valence-corrected chi connectivity index (χ0v) is 11.1. The zero-order chi connectivity index (χ0) is 5.91. The molecule has 0 N–H and O–H groups in total. The van der Waals surface area contributed by atoms with Gasteiger partial charge in [0.15, 0.2) is 0 Å². The van der Waals surface area contributed by atoms with Crippen LogP contribution in [0.1, 0.15) is 0 Å². The van der Waals surface area contributed by atoms with Gasteiger partial charge >= 0.3 is 59.1 Å². The Morgan fingerprint density at radius 3 is 1.67 bits per heavy atom. The number of hydrogen-bond donors (Lipinski definition) is 0. The minimum Gasteiger partial charge on any atom is -0.811 e. The van der Waals surface area contributed by atoms with Crippen LogP contribution in [0, 0.1) is 0 Å². The topological polar surface area (TPSA) is 63.2 Å². The van der Waals surface area contributed by atoms with Gasteiger partial charge in [0.2, 0.25) is 0 Å². The van der Waals surface area contributed by atoms with Crippen molar-refractivity contribution >= 4 is 19.2 Å². The van der Waals surface area contributed by atoms with Gasteiger partial charge in [-0.1, -0.05) is 7.60 Å². The van der Waals surface area contributed by atoms with Crippen LogP contribution in [-0.2, 0) is 4.57 Å². The summed E-state index contributed by atoms with van der Waals surface area (Å²) in [6.45, 7) is 0. The van der Waals surface area contributed by atoms with Crippen molar-refractivity contribution in [3.05, 3.63) is 0 Å². The normalized spacial score (nSPS) is 9.22. The molecule has 9 heavy (non-hydrogen) atoms. The van der Waals surface area contributed by atoms with E-state index in [0.717, 1.165) is 0 Å². The first-order valence-electron chi connectivity index (χ1n) is 1.63. The van der Waals surface area contributed by atoms with E-state index >= 15 is 0 Å². The number of rotatable bonds is 2. The third-order valence-corrected chi connectivity index (χ3v) is 1.58. The van der Waals surface area contributed by atoms with Gasteiger partial charge in [-0.25, -0.2) is 0 Å². The van der Waals surface area contributed by atoms with Crippen LogP contribution in [0.3, 0.4) is 0 Å². The average molecular weight is 188 g/mol. The van der Waals surface area contributed by atoms with Gasteiger partial charge in [0.25, 0.3) is 0 Å². The Hall–Kier alpha value is 2.44. The Morgan fingerprint density at radius 2 is 1.67 bits per heavy atom. The molecule has 7 heteroatoms. The van der Waals surface area contributed by atoms with Crippen molar-refractivity contribution in [2.75, 3.05) is 12.0 Å². The summed E-state index contributed by atoms with van der Waals surface area (Å²) in [5.74, 6) is -0.107. The predicted molar refractivity (Wildman–Crippen MR) is 23.2 cm³/mol. The van der Waals surface area contributed by atoms with Crippen LogP contribution in [0.15, 0.2) is 0 Å². The second-order valence-electron chi connectivity index (χ2n) is 1.02. The Bertz CT molecular complexity index is 93.8. The molecule has 0 spiro atoms. The maximum Gasteiger partial charge on any atom is 1.00 e. The molecule has 0 aromatic rings. The van der Waals surface area contributed by atoms with Crippen LogP contribution in [0.2, 0.25) is 0 Å². The molecule has 0 aliphatic carbocycles. The fraction of sp³-hybridized carbons (Fsp3) is 1.00. The molecular formula is C2H4ClNa2O3P. The summed E-state index contributed by atoms with van der Waals surface area (Å²) < 4.78 is 9.62. The number of halogens is 1. The molecule has 0 aromatic heterocycles. The third kappa shape index (κ3) is 17.9. The van der Waals surface area contributed by atoms with Crippen molar-refractivity contribution in [1.29, 1.82) is 0 Å². The van der Waals surface area contributed by atoms with Gasteiger partial charge in [-0.2, -0.15) is 0 Å². The van der Waals surface area contributed by atoms with Gasteiger partial charge in [0.05, 0.1) is 0 Å². The molecule has 0 unspecified atom stereocenters. The molecule has 0 aliphatic rings. The molecule has 0 heterocycles. The second kappa shape index (κ2) is 8.54. The molecule has 0 aliphatic heterocycles.